The highest BCUT2D eigenvalue weighted by molar-refractivity contribution is 5.24. The average molecular weight is 268 g/mol. The molecule has 2 rings (SSSR count). The summed E-state index contributed by atoms with van der Waals surface area (Å²) in [4.78, 5) is 2.12. The van der Waals surface area contributed by atoms with Gasteiger partial charge in [-0.2, -0.15) is 0 Å². The number of hydrogen-bond acceptors (Lipinski definition) is 2. The van der Waals surface area contributed by atoms with Gasteiger partial charge in [0, 0.05) is 18.7 Å². The fourth-order valence-electron chi connectivity index (χ4n) is 2.86. The zero-order valence-electron chi connectivity index (χ0n) is 11.6. The van der Waals surface area contributed by atoms with Crippen molar-refractivity contribution in [2.45, 2.75) is 26.3 Å². The molecular formula is C15H22F2N2. The fraction of sp³-hybridized carbons (Fsp3) is 0.600. The first kappa shape index (κ1) is 14.4. The van der Waals surface area contributed by atoms with Gasteiger partial charge in [0.1, 0.15) is 11.6 Å². The third kappa shape index (κ3) is 2.95. The van der Waals surface area contributed by atoms with Crippen molar-refractivity contribution in [3.63, 3.8) is 0 Å². The zero-order valence-corrected chi connectivity index (χ0v) is 11.6. The molecule has 0 spiro atoms. The molecule has 2 N–H and O–H groups in total. The molecule has 1 aromatic rings. The first-order valence-corrected chi connectivity index (χ1v) is 6.92. The molecule has 19 heavy (non-hydrogen) atoms. The van der Waals surface area contributed by atoms with Gasteiger partial charge >= 0.3 is 0 Å². The predicted molar refractivity (Wildman–Crippen MR) is 72.7 cm³/mol. The van der Waals surface area contributed by atoms with E-state index in [0.29, 0.717) is 11.8 Å². The van der Waals surface area contributed by atoms with Crippen LogP contribution in [0.25, 0.3) is 0 Å². The van der Waals surface area contributed by atoms with Gasteiger partial charge in [-0.3, -0.25) is 4.90 Å². The minimum atomic E-state index is -0.498. The molecule has 106 valence electrons. The lowest BCUT2D eigenvalue weighted by molar-refractivity contribution is 0.0949. The number of nitrogens with two attached hydrogens (primary N) is 1. The van der Waals surface area contributed by atoms with Crippen LogP contribution in [0.5, 0.6) is 0 Å². The summed E-state index contributed by atoms with van der Waals surface area (Å²) in [5.74, 6) is 0.182. The summed E-state index contributed by atoms with van der Waals surface area (Å²) in [6, 6.07) is 3.63. The standard InChI is InChI=1S/C15H22F2N2/c1-10-6-7-19(9-11(10)2)14(8-18)15-12(16)4-3-5-13(15)17/h3-5,10-11,14H,6-9,18H2,1-2H3. The zero-order chi connectivity index (χ0) is 14.0. The molecular weight excluding hydrogens is 246 g/mol. The minimum absolute atomic E-state index is 0.117. The molecule has 0 saturated carbocycles. The number of likely N-dealkylation sites (tertiary alicyclic amines) is 1. The first-order chi connectivity index (χ1) is 9.04. The van der Waals surface area contributed by atoms with Gasteiger partial charge in [-0.1, -0.05) is 19.9 Å². The molecule has 3 atom stereocenters. The molecule has 4 heteroatoms. The van der Waals surface area contributed by atoms with E-state index in [2.05, 4.69) is 18.7 Å². The van der Waals surface area contributed by atoms with Crippen LogP contribution >= 0.6 is 0 Å². The molecule has 1 aliphatic rings. The summed E-state index contributed by atoms with van der Waals surface area (Å²) in [6.45, 7) is 6.34. The maximum atomic E-state index is 13.9. The molecule has 1 saturated heterocycles. The van der Waals surface area contributed by atoms with Crippen LogP contribution < -0.4 is 5.73 Å². The molecule has 0 aromatic heterocycles. The summed E-state index contributed by atoms with van der Waals surface area (Å²) < 4.78 is 27.8. The maximum Gasteiger partial charge on any atom is 0.130 e. The lowest BCUT2D eigenvalue weighted by atomic mass is 9.87. The molecule has 0 bridgehead atoms. The van der Waals surface area contributed by atoms with Crippen molar-refractivity contribution in [3.05, 3.63) is 35.4 Å². The number of benzene rings is 1. The number of nitrogens with zero attached hydrogens (tertiary/aromatic N) is 1. The van der Waals surface area contributed by atoms with Gasteiger partial charge in [-0.25, -0.2) is 8.78 Å². The summed E-state index contributed by atoms with van der Waals surface area (Å²) >= 11 is 0. The average Bonchev–Trinajstić information content (AvgIpc) is 2.37. The van der Waals surface area contributed by atoms with Crippen molar-refractivity contribution in [1.29, 1.82) is 0 Å². The Labute approximate surface area is 113 Å². The minimum Gasteiger partial charge on any atom is -0.329 e. The SMILES string of the molecule is CC1CCN(C(CN)c2c(F)cccc2F)CC1C. The molecule has 1 aromatic carbocycles. The quantitative estimate of drug-likeness (QED) is 0.913. The second-order valence-electron chi connectivity index (χ2n) is 5.63. The molecule has 3 unspecified atom stereocenters. The van der Waals surface area contributed by atoms with Crippen molar-refractivity contribution in [2.75, 3.05) is 19.6 Å². The van der Waals surface area contributed by atoms with E-state index in [1.807, 2.05) is 0 Å². The summed E-state index contributed by atoms with van der Waals surface area (Å²) in [5, 5.41) is 0. The third-order valence-corrected chi connectivity index (χ3v) is 4.36. The number of hydrogen-bond donors (Lipinski definition) is 1. The Morgan fingerprint density at radius 1 is 1.26 bits per heavy atom. The van der Waals surface area contributed by atoms with Crippen LogP contribution in [-0.4, -0.2) is 24.5 Å². The van der Waals surface area contributed by atoms with Gasteiger partial charge in [0.05, 0.1) is 6.04 Å². The predicted octanol–water partition coefficient (Wildman–Crippen LogP) is 2.94. The van der Waals surface area contributed by atoms with Crippen molar-refractivity contribution in [3.8, 4) is 0 Å². The smallest absolute Gasteiger partial charge is 0.130 e. The van der Waals surface area contributed by atoms with Crippen molar-refractivity contribution >= 4 is 0 Å². The van der Waals surface area contributed by atoms with Gasteiger partial charge in [-0.05, 0) is 36.9 Å². The topological polar surface area (TPSA) is 29.3 Å². The summed E-state index contributed by atoms with van der Waals surface area (Å²) in [7, 11) is 0. The highest BCUT2D eigenvalue weighted by Crippen LogP contribution is 2.31. The number of halogens is 2. The lowest BCUT2D eigenvalue weighted by Gasteiger charge is -2.40. The van der Waals surface area contributed by atoms with E-state index in [0.717, 1.165) is 19.5 Å². The fourth-order valence-corrected chi connectivity index (χ4v) is 2.86. The Kier molecular flexibility index (Phi) is 4.53. The largest absolute Gasteiger partial charge is 0.329 e. The normalized spacial score (nSPS) is 26.4. The Hall–Kier alpha value is -1.00. The Morgan fingerprint density at radius 3 is 2.42 bits per heavy atom. The monoisotopic (exact) mass is 268 g/mol. The van der Waals surface area contributed by atoms with Gasteiger partial charge in [-0.15, -0.1) is 0 Å². The molecule has 2 nitrogen and oxygen atoms in total. The lowest BCUT2D eigenvalue weighted by Crippen LogP contribution is -2.43. The second kappa shape index (κ2) is 5.97. The van der Waals surface area contributed by atoms with E-state index in [-0.39, 0.29) is 18.2 Å². The van der Waals surface area contributed by atoms with E-state index in [4.69, 9.17) is 5.73 Å². The van der Waals surface area contributed by atoms with Gasteiger partial charge < -0.3 is 5.73 Å². The van der Waals surface area contributed by atoms with Gasteiger partial charge in [0.25, 0.3) is 0 Å². The van der Waals surface area contributed by atoms with Gasteiger partial charge in [0.2, 0.25) is 0 Å². The van der Waals surface area contributed by atoms with Crippen LogP contribution in [0, 0.1) is 23.5 Å². The van der Waals surface area contributed by atoms with E-state index in [1.165, 1.54) is 18.2 Å². The second-order valence-corrected chi connectivity index (χ2v) is 5.63. The van der Waals surface area contributed by atoms with E-state index in [9.17, 15) is 8.78 Å². The Balaban J connectivity index is 2.25. The van der Waals surface area contributed by atoms with Crippen LogP contribution in [0.4, 0.5) is 8.78 Å². The number of piperidine rings is 1. The van der Waals surface area contributed by atoms with Crippen LogP contribution in [0.3, 0.4) is 0 Å². The van der Waals surface area contributed by atoms with E-state index in [1.54, 1.807) is 0 Å². The highest BCUT2D eigenvalue weighted by atomic mass is 19.1. The Bertz CT molecular complexity index is 416. The van der Waals surface area contributed by atoms with Gasteiger partial charge in [0.15, 0.2) is 0 Å². The van der Waals surface area contributed by atoms with Crippen molar-refractivity contribution in [2.24, 2.45) is 17.6 Å². The first-order valence-electron chi connectivity index (χ1n) is 6.92. The highest BCUT2D eigenvalue weighted by Gasteiger charge is 2.30. The molecule has 1 fully saturated rings. The summed E-state index contributed by atoms with van der Waals surface area (Å²) in [5.41, 5.74) is 5.90. The molecule has 1 heterocycles. The van der Waals surface area contributed by atoms with Crippen LogP contribution in [0.1, 0.15) is 31.9 Å². The van der Waals surface area contributed by atoms with E-state index < -0.39 is 11.6 Å². The van der Waals surface area contributed by atoms with E-state index >= 15 is 0 Å². The molecule has 0 aliphatic carbocycles. The van der Waals surface area contributed by atoms with Crippen molar-refractivity contribution < 1.29 is 8.78 Å². The van der Waals surface area contributed by atoms with Crippen molar-refractivity contribution in [1.82, 2.24) is 4.90 Å². The maximum absolute atomic E-state index is 13.9. The number of rotatable bonds is 3. The molecule has 0 amide bonds. The van der Waals surface area contributed by atoms with Crippen LogP contribution in [0.2, 0.25) is 0 Å². The summed E-state index contributed by atoms with van der Waals surface area (Å²) in [6.07, 6.45) is 1.05. The third-order valence-electron chi connectivity index (χ3n) is 4.36. The molecule has 1 aliphatic heterocycles. The van der Waals surface area contributed by atoms with Crippen LogP contribution in [-0.2, 0) is 0 Å². The molecule has 0 radical (unpaired) electrons. The van der Waals surface area contributed by atoms with Crippen LogP contribution in [0.15, 0.2) is 18.2 Å². The Morgan fingerprint density at radius 2 is 1.89 bits per heavy atom.